The van der Waals surface area contributed by atoms with Crippen LogP contribution in [0, 0.1) is 12.7 Å². The van der Waals surface area contributed by atoms with Crippen molar-refractivity contribution < 1.29 is 19.0 Å². The Bertz CT molecular complexity index is 1350. The lowest BCUT2D eigenvalue weighted by atomic mass is 9.90. The second-order valence-corrected chi connectivity index (χ2v) is 9.18. The number of nitrogens with zero attached hydrogens (tertiary/aromatic N) is 2. The van der Waals surface area contributed by atoms with Crippen molar-refractivity contribution in [2.75, 3.05) is 25.6 Å². The van der Waals surface area contributed by atoms with Crippen LogP contribution >= 0.6 is 0 Å². The molecule has 1 saturated heterocycles. The third-order valence-corrected chi connectivity index (χ3v) is 6.83. The van der Waals surface area contributed by atoms with Crippen molar-refractivity contribution in [2.24, 2.45) is 4.99 Å². The Morgan fingerprint density at radius 3 is 2.72 bits per heavy atom. The highest BCUT2D eigenvalue weighted by Gasteiger charge is 2.38. The van der Waals surface area contributed by atoms with Gasteiger partial charge in [-0.2, -0.15) is 0 Å². The Kier molecular flexibility index (Phi) is 6.36. The van der Waals surface area contributed by atoms with E-state index >= 15 is 0 Å². The van der Waals surface area contributed by atoms with Crippen LogP contribution in [-0.4, -0.2) is 43.6 Å². The molecule has 1 amide bonds. The number of carbonyl (C=O) groups is 1. The first-order valence-corrected chi connectivity index (χ1v) is 12.0. The fourth-order valence-electron chi connectivity index (χ4n) is 4.88. The molecule has 0 aliphatic carbocycles. The average molecular weight is 489 g/mol. The summed E-state index contributed by atoms with van der Waals surface area (Å²) in [6.45, 7) is 2.93. The summed E-state index contributed by atoms with van der Waals surface area (Å²) < 4.78 is 20.0. The minimum absolute atomic E-state index is 0.161. The zero-order valence-corrected chi connectivity index (χ0v) is 20.5. The van der Waals surface area contributed by atoms with E-state index in [0.29, 0.717) is 34.9 Å². The molecule has 0 bridgehead atoms. The number of halogens is 1. The molecule has 0 saturated carbocycles. The number of fused-ring (bicyclic) bond motifs is 1. The zero-order chi connectivity index (χ0) is 25.4. The standard InChI is InChI=1S/C28H29FN4O3/c1-16-9-25-24(15-23(16)17-5-4-6-21(34)10-17)27(28(35)30-2)33(26(32-25)13-19-7-8-31-19)20-11-18(29)12-22(14-20)36-3/h4-6,9-12,14-15,19,27,31,34H,7-8,13H2,1-3H3,(H,30,35)/t19-,27?/m0/s1. The number of phenolic OH excluding ortho intramolecular Hbond substituents is 1. The number of amidine groups is 1. The van der Waals surface area contributed by atoms with Gasteiger partial charge in [0.05, 0.1) is 12.8 Å². The van der Waals surface area contributed by atoms with Gasteiger partial charge >= 0.3 is 0 Å². The lowest BCUT2D eigenvalue weighted by Gasteiger charge is -2.40. The van der Waals surface area contributed by atoms with Gasteiger partial charge in [-0.15, -0.1) is 0 Å². The molecule has 2 atom stereocenters. The minimum Gasteiger partial charge on any atom is -0.508 e. The number of methoxy groups -OCH3 is 1. The molecule has 2 aliphatic heterocycles. The number of ether oxygens (including phenoxy) is 1. The van der Waals surface area contributed by atoms with E-state index in [-0.39, 0.29) is 17.7 Å². The third kappa shape index (κ3) is 4.40. The van der Waals surface area contributed by atoms with Crippen LogP contribution in [-0.2, 0) is 4.79 Å². The molecule has 0 spiro atoms. The quantitative estimate of drug-likeness (QED) is 0.472. The number of hydrogen-bond acceptors (Lipinski definition) is 6. The molecule has 0 radical (unpaired) electrons. The molecule has 0 aromatic heterocycles. The van der Waals surface area contributed by atoms with Gasteiger partial charge in [0, 0.05) is 42.9 Å². The highest BCUT2D eigenvalue weighted by Crippen LogP contribution is 2.43. The number of hydrogen-bond donors (Lipinski definition) is 3. The number of likely N-dealkylation sites (N-methyl/N-ethyl adjacent to an activating group) is 1. The van der Waals surface area contributed by atoms with Crippen LogP contribution in [0.3, 0.4) is 0 Å². The second kappa shape index (κ2) is 9.62. The van der Waals surface area contributed by atoms with Crippen molar-refractivity contribution in [3.63, 3.8) is 0 Å². The Morgan fingerprint density at radius 1 is 1.25 bits per heavy atom. The van der Waals surface area contributed by atoms with E-state index in [1.807, 2.05) is 30.0 Å². The molecule has 2 heterocycles. The number of anilines is 1. The average Bonchev–Trinajstić information content (AvgIpc) is 2.84. The van der Waals surface area contributed by atoms with E-state index in [2.05, 4.69) is 10.6 Å². The molecule has 3 aromatic rings. The van der Waals surface area contributed by atoms with Gasteiger partial charge in [-0.3, -0.25) is 4.79 Å². The van der Waals surface area contributed by atoms with Gasteiger partial charge in [0.2, 0.25) is 5.91 Å². The summed E-state index contributed by atoms with van der Waals surface area (Å²) in [5.74, 6) is 0.507. The SMILES string of the molecule is CNC(=O)C1c2cc(-c3cccc(O)c3)c(C)cc2N=C(C[C@@H]2CCN2)N1c1cc(F)cc(OC)c1. The summed E-state index contributed by atoms with van der Waals surface area (Å²) in [4.78, 5) is 20.3. The maximum absolute atomic E-state index is 14.6. The molecule has 1 fully saturated rings. The van der Waals surface area contributed by atoms with E-state index in [9.17, 15) is 14.3 Å². The molecule has 2 aliphatic rings. The van der Waals surface area contributed by atoms with Gasteiger partial charge < -0.3 is 25.4 Å². The molecule has 5 rings (SSSR count). The number of benzene rings is 3. The maximum Gasteiger partial charge on any atom is 0.247 e. The largest absolute Gasteiger partial charge is 0.508 e. The molecule has 36 heavy (non-hydrogen) atoms. The van der Waals surface area contributed by atoms with Crippen molar-refractivity contribution in [3.05, 3.63) is 71.5 Å². The van der Waals surface area contributed by atoms with Gasteiger partial charge in [-0.05, 0) is 66.9 Å². The molecule has 1 unspecified atom stereocenters. The lowest BCUT2D eigenvalue weighted by molar-refractivity contribution is -0.121. The number of aromatic hydroxyl groups is 1. The molecule has 8 heteroatoms. The summed E-state index contributed by atoms with van der Waals surface area (Å²) in [6, 6.07) is 14.8. The van der Waals surface area contributed by atoms with Gasteiger partial charge in [0.1, 0.15) is 29.2 Å². The van der Waals surface area contributed by atoms with Gasteiger partial charge in [0.15, 0.2) is 0 Å². The van der Waals surface area contributed by atoms with Crippen molar-refractivity contribution in [1.29, 1.82) is 0 Å². The monoisotopic (exact) mass is 488 g/mol. The Balaban J connectivity index is 1.72. The van der Waals surface area contributed by atoms with Gasteiger partial charge in [0.25, 0.3) is 0 Å². The van der Waals surface area contributed by atoms with E-state index in [1.54, 1.807) is 31.3 Å². The highest BCUT2D eigenvalue weighted by atomic mass is 19.1. The number of phenols is 1. The Morgan fingerprint density at radius 2 is 2.06 bits per heavy atom. The smallest absolute Gasteiger partial charge is 0.247 e. The summed E-state index contributed by atoms with van der Waals surface area (Å²) in [6.07, 6.45) is 1.60. The summed E-state index contributed by atoms with van der Waals surface area (Å²) in [5.41, 5.74) is 4.59. The van der Waals surface area contributed by atoms with Crippen molar-refractivity contribution in [3.8, 4) is 22.6 Å². The van der Waals surface area contributed by atoms with E-state index in [1.165, 1.54) is 19.2 Å². The maximum atomic E-state index is 14.6. The number of amides is 1. The summed E-state index contributed by atoms with van der Waals surface area (Å²) in [7, 11) is 3.08. The molecular formula is C28H29FN4O3. The van der Waals surface area contributed by atoms with Crippen LogP contribution in [0.4, 0.5) is 15.8 Å². The van der Waals surface area contributed by atoms with Crippen molar-refractivity contribution in [2.45, 2.75) is 31.8 Å². The number of nitrogens with one attached hydrogen (secondary N) is 2. The molecule has 7 nitrogen and oxygen atoms in total. The first kappa shape index (κ1) is 23.8. The third-order valence-electron chi connectivity index (χ3n) is 6.83. The second-order valence-electron chi connectivity index (χ2n) is 9.18. The number of carbonyl (C=O) groups excluding carboxylic acids is 1. The molecule has 3 N–H and O–H groups in total. The first-order chi connectivity index (χ1) is 17.4. The Hall–Kier alpha value is -3.91. The van der Waals surface area contributed by atoms with E-state index in [4.69, 9.17) is 9.73 Å². The molecular weight excluding hydrogens is 459 g/mol. The highest BCUT2D eigenvalue weighted by molar-refractivity contribution is 6.08. The van der Waals surface area contributed by atoms with Gasteiger partial charge in [-0.1, -0.05) is 12.1 Å². The Labute approximate surface area is 209 Å². The predicted molar refractivity (Wildman–Crippen MR) is 139 cm³/mol. The van der Waals surface area contributed by atoms with Crippen LogP contribution in [0.1, 0.15) is 30.0 Å². The summed E-state index contributed by atoms with van der Waals surface area (Å²) >= 11 is 0. The molecule has 186 valence electrons. The summed E-state index contributed by atoms with van der Waals surface area (Å²) in [5, 5.41) is 16.2. The van der Waals surface area contributed by atoms with Crippen LogP contribution in [0.5, 0.6) is 11.5 Å². The topological polar surface area (TPSA) is 86.2 Å². The normalized spacial score (nSPS) is 18.7. The zero-order valence-electron chi connectivity index (χ0n) is 20.5. The van der Waals surface area contributed by atoms with Crippen molar-refractivity contribution >= 4 is 23.1 Å². The molecule has 3 aromatic carbocycles. The van der Waals surface area contributed by atoms with Crippen LogP contribution in [0.25, 0.3) is 11.1 Å². The number of aliphatic imine (C=N–C) groups is 1. The predicted octanol–water partition coefficient (Wildman–Crippen LogP) is 4.60. The van der Waals surface area contributed by atoms with Crippen LogP contribution < -0.4 is 20.3 Å². The fourth-order valence-corrected chi connectivity index (χ4v) is 4.88. The van der Waals surface area contributed by atoms with Gasteiger partial charge in [-0.25, -0.2) is 9.38 Å². The van der Waals surface area contributed by atoms with E-state index < -0.39 is 11.9 Å². The van der Waals surface area contributed by atoms with E-state index in [0.717, 1.165) is 29.7 Å². The minimum atomic E-state index is -0.777. The first-order valence-electron chi connectivity index (χ1n) is 12.0. The number of aryl methyl sites for hydroxylation is 1. The lowest BCUT2D eigenvalue weighted by Crippen LogP contribution is -2.50. The van der Waals surface area contributed by atoms with Crippen molar-refractivity contribution in [1.82, 2.24) is 10.6 Å². The van der Waals surface area contributed by atoms with Crippen LogP contribution in [0.2, 0.25) is 0 Å². The fraction of sp³-hybridized carbons (Fsp3) is 0.286. The van der Waals surface area contributed by atoms with Crippen LogP contribution in [0.15, 0.2) is 59.6 Å². The number of rotatable bonds is 6.